The van der Waals surface area contributed by atoms with Gasteiger partial charge in [-0.1, -0.05) is 6.92 Å². The third-order valence-corrected chi connectivity index (χ3v) is 2.34. The van der Waals surface area contributed by atoms with Crippen molar-refractivity contribution >= 4 is 23.6 Å². The van der Waals surface area contributed by atoms with Crippen molar-refractivity contribution in [3.8, 4) is 0 Å². The summed E-state index contributed by atoms with van der Waals surface area (Å²) in [6.45, 7) is 2.10. The predicted octanol–water partition coefficient (Wildman–Crippen LogP) is 1.03. The Morgan fingerprint density at radius 2 is 1.75 bits per heavy atom. The Morgan fingerprint density at radius 3 is 2.30 bits per heavy atom. The quantitative estimate of drug-likeness (QED) is 0.623. The predicted molar refractivity (Wildman–Crippen MR) is 73.7 cm³/mol. The second kappa shape index (κ2) is 7.78. The van der Waals surface area contributed by atoms with Crippen LogP contribution >= 0.6 is 0 Å². The molecule has 3 amide bonds. The lowest BCUT2D eigenvalue weighted by atomic mass is 10.2. The molecule has 20 heavy (non-hydrogen) atoms. The van der Waals surface area contributed by atoms with Gasteiger partial charge < -0.3 is 21.1 Å². The largest absolute Gasteiger partial charge is 0.480 e. The molecule has 0 aliphatic carbocycles. The summed E-state index contributed by atoms with van der Waals surface area (Å²) in [6, 6.07) is 5.84. The molecule has 0 unspecified atom stereocenters. The number of carbonyl (C=O) groups is 3. The minimum absolute atomic E-state index is 0.310. The molecule has 0 aliphatic rings. The first-order valence-corrected chi connectivity index (χ1v) is 6.18. The molecule has 1 aromatic rings. The van der Waals surface area contributed by atoms with Crippen molar-refractivity contribution in [2.45, 2.75) is 13.3 Å². The lowest BCUT2D eigenvalue weighted by Gasteiger charge is -2.07. The highest BCUT2D eigenvalue weighted by molar-refractivity contribution is 5.96. The first-order valence-electron chi connectivity index (χ1n) is 6.18. The Hall–Kier alpha value is -2.57. The van der Waals surface area contributed by atoms with E-state index in [1.165, 1.54) is 12.1 Å². The number of aliphatic carboxylic acids is 1. The van der Waals surface area contributed by atoms with Crippen LogP contribution in [0.15, 0.2) is 24.3 Å². The molecule has 0 saturated carbocycles. The van der Waals surface area contributed by atoms with Gasteiger partial charge in [0.05, 0.1) is 0 Å². The topological polar surface area (TPSA) is 108 Å². The molecule has 0 bridgehead atoms. The number of urea groups is 1. The van der Waals surface area contributed by atoms with Gasteiger partial charge >= 0.3 is 12.0 Å². The molecule has 7 nitrogen and oxygen atoms in total. The second-order valence-electron chi connectivity index (χ2n) is 4.03. The van der Waals surface area contributed by atoms with Crippen LogP contribution in [0.3, 0.4) is 0 Å². The summed E-state index contributed by atoms with van der Waals surface area (Å²) in [5, 5.41) is 16.0. The summed E-state index contributed by atoms with van der Waals surface area (Å²) >= 11 is 0. The van der Waals surface area contributed by atoms with Crippen molar-refractivity contribution < 1.29 is 19.5 Å². The van der Waals surface area contributed by atoms with Crippen LogP contribution in [0.25, 0.3) is 0 Å². The maximum absolute atomic E-state index is 11.5. The monoisotopic (exact) mass is 279 g/mol. The number of hydrogen-bond acceptors (Lipinski definition) is 3. The number of hydrogen-bond donors (Lipinski definition) is 4. The lowest BCUT2D eigenvalue weighted by molar-refractivity contribution is -0.135. The number of carboxylic acid groups (broad SMARTS) is 1. The van der Waals surface area contributed by atoms with Crippen LogP contribution in [0.1, 0.15) is 23.7 Å². The number of nitrogens with one attached hydrogen (secondary N) is 3. The van der Waals surface area contributed by atoms with Gasteiger partial charge in [0.2, 0.25) is 0 Å². The first-order chi connectivity index (χ1) is 9.52. The van der Waals surface area contributed by atoms with Gasteiger partial charge in [0.15, 0.2) is 0 Å². The van der Waals surface area contributed by atoms with Gasteiger partial charge in [-0.3, -0.25) is 9.59 Å². The SMILES string of the molecule is CCCNC(=O)Nc1ccc(C(=O)NCC(=O)O)cc1. The standard InChI is InChI=1S/C13H17N3O4/c1-2-7-14-13(20)16-10-5-3-9(4-6-10)12(19)15-8-11(17)18/h3-6H,2,7-8H2,1H3,(H,15,19)(H,17,18)(H2,14,16,20). The van der Waals surface area contributed by atoms with E-state index in [-0.39, 0.29) is 6.03 Å². The van der Waals surface area contributed by atoms with E-state index in [2.05, 4.69) is 16.0 Å². The number of amides is 3. The van der Waals surface area contributed by atoms with Gasteiger partial charge in [-0.25, -0.2) is 4.79 Å². The smallest absolute Gasteiger partial charge is 0.322 e. The molecule has 1 rings (SSSR count). The molecule has 4 N–H and O–H groups in total. The van der Waals surface area contributed by atoms with Crippen LogP contribution in [0.2, 0.25) is 0 Å². The summed E-state index contributed by atoms with van der Waals surface area (Å²) in [6.07, 6.45) is 0.843. The highest BCUT2D eigenvalue weighted by atomic mass is 16.4. The molecule has 7 heteroatoms. The molecule has 1 aromatic carbocycles. The minimum atomic E-state index is -1.11. The van der Waals surface area contributed by atoms with Crippen molar-refractivity contribution in [2.24, 2.45) is 0 Å². The van der Waals surface area contributed by atoms with E-state index in [1.54, 1.807) is 12.1 Å². The first kappa shape index (κ1) is 15.5. The second-order valence-corrected chi connectivity index (χ2v) is 4.03. The van der Waals surface area contributed by atoms with Gasteiger partial charge in [0.1, 0.15) is 6.54 Å². The number of anilines is 1. The third-order valence-electron chi connectivity index (χ3n) is 2.34. The summed E-state index contributed by atoms with van der Waals surface area (Å²) < 4.78 is 0. The molecule has 0 radical (unpaired) electrons. The summed E-state index contributed by atoms with van der Waals surface area (Å²) in [5.74, 6) is -1.58. The van der Waals surface area contributed by atoms with Gasteiger partial charge in [-0.05, 0) is 30.7 Å². The Bertz CT molecular complexity index is 485. The molecule has 0 aliphatic heterocycles. The maximum atomic E-state index is 11.5. The van der Waals surface area contributed by atoms with Crippen LogP contribution in [0.5, 0.6) is 0 Å². The molecule has 0 aromatic heterocycles. The zero-order valence-corrected chi connectivity index (χ0v) is 11.1. The van der Waals surface area contributed by atoms with E-state index in [0.717, 1.165) is 6.42 Å². The van der Waals surface area contributed by atoms with Gasteiger partial charge in [0.25, 0.3) is 5.91 Å². The number of rotatable bonds is 6. The fraction of sp³-hybridized carbons (Fsp3) is 0.308. The molecular formula is C13H17N3O4. The van der Waals surface area contributed by atoms with Crippen LogP contribution in [0, 0.1) is 0 Å². The molecule has 0 heterocycles. The lowest BCUT2D eigenvalue weighted by Crippen LogP contribution is -2.30. The van der Waals surface area contributed by atoms with Crippen molar-refractivity contribution in [1.29, 1.82) is 0 Å². The maximum Gasteiger partial charge on any atom is 0.322 e. The molecule has 0 fully saturated rings. The van der Waals surface area contributed by atoms with Crippen molar-refractivity contribution in [1.82, 2.24) is 10.6 Å². The Kier molecular flexibility index (Phi) is 6.02. The minimum Gasteiger partial charge on any atom is -0.480 e. The number of carbonyl (C=O) groups excluding carboxylic acids is 2. The zero-order valence-electron chi connectivity index (χ0n) is 11.1. The fourth-order valence-electron chi connectivity index (χ4n) is 1.38. The molecule has 108 valence electrons. The Balaban J connectivity index is 2.53. The molecule has 0 atom stereocenters. The van der Waals surface area contributed by atoms with E-state index in [1.807, 2.05) is 6.92 Å². The third kappa shape index (κ3) is 5.38. The van der Waals surface area contributed by atoms with Crippen LogP contribution in [0.4, 0.5) is 10.5 Å². The average Bonchev–Trinajstić information content (AvgIpc) is 2.43. The summed E-state index contributed by atoms with van der Waals surface area (Å²) in [5.41, 5.74) is 0.874. The van der Waals surface area contributed by atoms with Gasteiger partial charge in [-0.2, -0.15) is 0 Å². The van der Waals surface area contributed by atoms with Gasteiger partial charge in [0, 0.05) is 17.8 Å². The van der Waals surface area contributed by atoms with Crippen molar-refractivity contribution in [3.05, 3.63) is 29.8 Å². The van der Waals surface area contributed by atoms with Crippen LogP contribution in [-0.4, -0.2) is 36.1 Å². The fourth-order valence-corrected chi connectivity index (χ4v) is 1.38. The average molecular weight is 279 g/mol. The van der Waals surface area contributed by atoms with E-state index < -0.39 is 18.4 Å². The van der Waals surface area contributed by atoms with Gasteiger partial charge in [-0.15, -0.1) is 0 Å². The Morgan fingerprint density at radius 1 is 1.10 bits per heavy atom. The van der Waals surface area contributed by atoms with Crippen molar-refractivity contribution in [2.75, 3.05) is 18.4 Å². The Labute approximate surface area is 116 Å². The van der Waals surface area contributed by atoms with E-state index >= 15 is 0 Å². The highest BCUT2D eigenvalue weighted by Gasteiger charge is 2.07. The normalized spacial score (nSPS) is 9.65. The van der Waals surface area contributed by atoms with E-state index in [0.29, 0.717) is 17.8 Å². The molecular weight excluding hydrogens is 262 g/mol. The summed E-state index contributed by atoms with van der Waals surface area (Å²) in [7, 11) is 0. The highest BCUT2D eigenvalue weighted by Crippen LogP contribution is 2.09. The summed E-state index contributed by atoms with van der Waals surface area (Å²) in [4.78, 5) is 33.3. The zero-order chi connectivity index (χ0) is 15.0. The molecule has 0 spiro atoms. The van der Waals surface area contributed by atoms with Crippen molar-refractivity contribution in [3.63, 3.8) is 0 Å². The van der Waals surface area contributed by atoms with E-state index in [4.69, 9.17) is 5.11 Å². The van der Waals surface area contributed by atoms with E-state index in [9.17, 15) is 14.4 Å². The number of carboxylic acids is 1. The van der Waals surface area contributed by atoms with Crippen LogP contribution in [-0.2, 0) is 4.79 Å². The number of benzene rings is 1. The van der Waals surface area contributed by atoms with Crippen LogP contribution < -0.4 is 16.0 Å². The molecule has 0 saturated heterocycles.